The first-order valence-electron chi connectivity index (χ1n) is 9.48. The highest BCUT2D eigenvalue weighted by Crippen LogP contribution is 2.38. The normalized spacial score (nSPS) is 20.7. The number of anilines is 2. The van der Waals surface area contributed by atoms with E-state index in [1.165, 1.54) is 5.01 Å². The second-order valence-corrected chi connectivity index (χ2v) is 7.16. The summed E-state index contributed by atoms with van der Waals surface area (Å²) in [6.45, 7) is 5.72. The lowest BCUT2D eigenvalue weighted by molar-refractivity contribution is -0.136. The molecule has 0 spiro atoms. The fourth-order valence-corrected chi connectivity index (χ4v) is 3.65. The van der Waals surface area contributed by atoms with Crippen LogP contribution in [0.25, 0.3) is 0 Å². The van der Waals surface area contributed by atoms with Gasteiger partial charge in [-0.3, -0.25) is 14.6 Å². The molecule has 0 aliphatic carbocycles. The van der Waals surface area contributed by atoms with Crippen LogP contribution in [-0.4, -0.2) is 36.1 Å². The third kappa shape index (κ3) is 3.08. The fourth-order valence-electron chi connectivity index (χ4n) is 3.65. The Bertz CT molecular complexity index is 1010. The molecular weight excluding hydrogens is 370 g/mol. The van der Waals surface area contributed by atoms with Gasteiger partial charge in [-0.2, -0.15) is 5.10 Å². The van der Waals surface area contributed by atoms with Crippen molar-refractivity contribution >= 4 is 34.9 Å². The van der Waals surface area contributed by atoms with Crippen molar-refractivity contribution in [1.29, 1.82) is 0 Å². The van der Waals surface area contributed by atoms with Crippen molar-refractivity contribution in [1.82, 2.24) is 0 Å². The molecule has 2 heterocycles. The number of hydrogen-bond donors (Lipinski definition) is 0. The standard InChI is InChI=1S/C22H21N3O4/c1-4-29-22(28)18-17-19(25(23-18)16-11-7-14(3)8-12-16)21(27)24(20(17)26)15-9-5-13(2)6-10-15/h5-12,17,19H,4H2,1-3H3. The summed E-state index contributed by atoms with van der Waals surface area (Å²) in [6.07, 6.45) is 0. The average Bonchev–Trinajstić information content (AvgIpc) is 3.21. The molecule has 7 nitrogen and oxygen atoms in total. The average molecular weight is 391 g/mol. The van der Waals surface area contributed by atoms with Crippen molar-refractivity contribution in [2.24, 2.45) is 11.0 Å². The molecule has 2 unspecified atom stereocenters. The van der Waals surface area contributed by atoms with E-state index < -0.39 is 29.7 Å². The number of esters is 1. The number of rotatable bonds is 4. The number of imide groups is 1. The van der Waals surface area contributed by atoms with Gasteiger partial charge >= 0.3 is 5.97 Å². The Morgan fingerprint density at radius 1 is 0.931 bits per heavy atom. The second-order valence-electron chi connectivity index (χ2n) is 7.16. The number of carbonyl (C=O) groups is 3. The van der Waals surface area contributed by atoms with Crippen molar-refractivity contribution < 1.29 is 19.1 Å². The van der Waals surface area contributed by atoms with E-state index in [9.17, 15) is 14.4 Å². The Morgan fingerprint density at radius 2 is 1.48 bits per heavy atom. The van der Waals surface area contributed by atoms with Crippen LogP contribution in [0.5, 0.6) is 0 Å². The zero-order chi connectivity index (χ0) is 20.7. The number of benzene rings is 2. The molecule has 0 bridgehead atoms. The monoisotopic (exact) mass is 391 g/mol. The van der Waals surface area contributed by atoms with E-state index in [2.05, 4.69) is 5.10 Å². The molecule has 2 aromatic rings. The van der Waals surface area contributed by atoms with Crippen LogP contribution < -0.4 is 9.91 Å². The van der Waals surface area contributed by atoms with E-state index in [4.69, 9.17) is 4.74 Å². The first kappa shape index (κ1) is 18.9. The third-order valence-electron chi connectivity index (χ3n) is 5.12. The minimum Gasteiger partial charge on any atom is -0.461 e. The Hall–Kier alpha value is -3.48. The van der Waals surface area contributed by atoms with E-state index in [0.29, 0.717) is 11.4 Å². The number of carbonyl (C=O) groups excluding carboxylic acids is 3. The summed E-state index contributed by atoms with van der Waals surface area (Å²) in [5.41, 5.74) is 3.14. The molecule has 2 aliphatic heterocycles. The summed E-state index contributed by atoms with van der Waals surface area (Å²) in [5.74, 6) is -2.55. The number of ether oxygens (including phenoxy) is 1. The molecule has 0 saturated carbocycles. The van der Waals surface area contributed by atoms with Gasteiger partial charge in [0.1, 0.15) is 12.0 Å². The number of amides is 2. The summed E-state index contributed by atoms with van der Waals surface area (Å²) in [7, 11) is 0. The summed E-state index contributed by atoms with van der Waals surface area (Å²) in [4.78, 5) is 40.2. The number of aryl methyl sites for hydroxylation is 2. The Balaban J connectivity index is 1.78. The van der Waals surface area contributed by atoms with Crippen molar-refractivity contribution in [3.05, 3.63) is 59.7 Å². The quantitative estimate of drug-likeness (QED) is 0.591. The van der Waals surface area contributed by atoms with E-state index in [-0.39, 0.29) is 12.3 Å². The van der Waals surface area contributed by atoms with Crippen LogP contribution in [0.3, 0.4) is 0 Å². The highest BCUT2D eigenvalue weighted by molar-refractivity contribution is 6.47. The van der Waals surface area contributed by atoms with Gasteiger partial charge in [0.2, 0.25) is 5.91 Å². The number of fused-ring (bicyclic) bond motifs is 1. The van der Waals surface area contributed by atoms with Crippen LogP contribution in [0.2, 0.25) is 0 Å². The maximum Gasteiger partial charge on any atom is 0.355 e. The smallest absolute Gasteiger partial charge is 0.355 e. The molecule has 148 valence electrons. The zero-order valence-electron chi connectivity index (χ0n) is 16.5. The maximum absolute atomic E-state index is 13.3. The molecule has 29 heavy (non-hydrogen) atoms. The van der Waals surface area contributed by atoms with E-state index >= 15 is 0 Å². The number of nitrogens with zero attached hydrogens (tertiary/aromatic N) is 3. The lowest BCUT2D eigenvalue weighted by Crippen LogP contribution is -2.39. The summed E-state index contributed by atoms with van der Waals surface area (Å²) >= 11 is 0. The lowest BCUT2D eigenvalue weighted by Gasteiger charge is -2.22. The molecule has 7 heteroatoms. The van der Waals surface area contributed by atoms with Gasteiger partial charge in [0.05, 0.1) is 18.0 Å². The van der Waals surface area contributed by atoms with Crippen molar-refractivity contribution in [3.63, 3.8) is 0 Å². The summed E-state index contributed by atoms with van der Waals surface area (Å²) < 4.78 is 5.10. The van der Waals surface area contributed by atoms with Gasteiger partial charge in [0.15, 0.2) is 5.71 Å². The van der Waals surface area contributed by atoms with Gasteiger partial charge in [-0.15, -0.1) is 0 Å². The zero-order valence-corrected chi connectivity index (χ0v) is 16.5. The van der Waals surface area contributed by atoms with Crippen LogP contribution in [-0.2, 0) is 19.1 Å². The number of hydrazone groups is 1. The second kappa shape index (κ2) is 7.16. The minimum atomic E-state index is -0.996. The molecular formula is C22H21N3O4. The SMILES string of the molecule is CCOC(=O)C1=NN(c2ccc(C)cc2)C2C(=O)N(c3ccc(C)cc3)C(=O)C12. The van der Waals surface area contributed by atoms with Crippen molar-refractivity contribution in [3.8, 4) is 0 Å². The molecule has 2 amide bonds. The predicted molar refractivity (Wildman–Crippen MR) is 109 cm³/mol. The predicted octanol–water partition coefficient (Wildman–Crippen LogP) is 2.60. The molecule has 2 atom stereocenters. The van der Waals surface area contributed by atoms with Crippen LogP contribution in [0.4, 0.5) is 11.4 Å². The molecule has 4 rings (SSSR count). The van der Waals surface area contributed by atoms with Crippen LogP contribution in [0.15, 0.2) is 53.6 Å². The van der Waals surface area contributed by atoms with Gasteiger partial charge in [-0.1, -0.05) is 35.4 Å². The first-order chi connectivity index (χ1) is 13.9. The molecule has 0 radical (unpaired) electrons. The van der Waals surface area contributed by atoms with Gasteiger partial charge in [0, 0.05) is 0 Å². The summed E-state index contributed by atoms with van der Waals surface area (Å²) in [5, 5.41) is 5.80. The van der Waals surface area contributed by atoms with Gasteiger partial charge in [0.25, 0.3) is 5.91 Å². The van der Waals surface area contributed by atoms with Gasteiger partial charge < -0.3 is 4.74 Å². The fraction of sp³-hybridized carbons (Fsp3) is 0.273. The largest absolute Gasteiger partial charge is 0.461 e. The molecule has 2 aliphatic rings. The summed E-state index contributed by atoms with van der Waals surface area (Å²) in [6, 6.07) is 13.6. The van der Waals surface area contributed by atoms with Crippen LogP contribution in [0, 0.1) is 19.8 Å². The highest BCUT2D eigenvalue weighted by Gasteiger charge is 2.59. The van der Waals surface area contributed by atoms with Gasteiger partial charge in [-0.25, -0.2) is 9.69 Å². The Kier molecular flexibility index (Phi) is 4.66. The molecule has 1 saturated heterocycles. The first-order valence-corrected chi connectivity index (χ1v) is 9.48. The lowest BCUT2D eigenvalue weighted by atomic mass is 9.97. The highest BCUT2D eigenvalue weighted by atomic mass is 16.5. The molecule has 1 fully saturated rings. The molecule has 2 aromatic carbocycles. The van der Waals surface area contributed by atoms with Crippen molar-refractivity contribution in [2.75, 3.05) is 16.5 Å². The van der Waals surface area contributed by atoms with Gasteiger partial charge in [-0.05, 0) is 45.0 Å². The van der Waals surface area contributed by atoms with E-state index in [0.717, 1.165) is 16.0 Å². The Morgan fingerprint density at radius 3 is 2.03 bits per heavy atom. The van der Waals surface area contributed by atoms with Crippen molar-refractivity contribution in [2.45, 2.75) is 26.8 Å². The Labute approximate surface area is 168 Å². The van der Waals surface area contributed by atoms with Crippen LogP contribution in [0.1, 0.15) is 18.1 Å². The number of hydrogen-bond acceptors (Lipinski definition) is 6. The third-order valence-corrected chi connectivity index (χ3v) is 5.12. The molecule has 0 aromatic heterocycles. The minimum absolute atomic E-state index is 0.0367. The topological polar surface area (TPSA) is 79.3 Å². The van der Waals surface area contributed by atoms with Crippen LogP contribution >= 0.6 is 0 Å². The van der Waals surface area contributed by atoms with E-state index in [1.807, 2.05) is 50.2 Å². The molecule has 0 N–H and O–H groups in total. The van der Waals surface area contributed by atoms with E-state index in [1.54, 1.807) is 19.1 Å². The maximum atomic E-state index is 13.3.